The maximum atomic E-state index is 9.92. The van der Waals surface area contributed by atoms with Crippen LogP contribution in [0.3, 0.4) is 0 Å². The van der Waals surface area contributed by atoms with Crippen molar-refractivity contribution in [1.82, 2.24) is 0 Å². The van der Waals surface area contributed by atoms with Crippen molar-refractivity contribution < 1.29 is 50.0 Å². The van der Waals surface area contributed by atoms with Gasteiger partial charge in [-0.05, 0) is 6.92 Å². The minimum absolute atomic E-state index is 0.620. The van der Waals surface area contributed by atoms with E-state index in [0.717, 1.165) is 0 Å². The summed E-state index contributed by atoms with van der Waals surface area (Å²) in [5.74, 6) is 0. The summed E-state index contributed by atoms with van der Waals surface area (Å²) in [7, 11) is 0. The maximum Gasteiger partial charge on any atom is 0.187 e. The summed E-state index contributed by atoms with van der Waals surface area (Å²) in [5, 5.41) is 67.2. The first kappa shape index (κ1) is 17.9. The van der Waals surface area contributed by atoms with Crippen LogP contribution in [0.1, 0.15) is 6.92 Å². The van der Waals surface area contributed by atoms with Crippen LogP contribution in [0, 0.1) is 0 Å². The van der Waals surface area contributed by atoms with Crippen LogP contribution in [0.15, 0.2) is 0 Å². The second-order valence-corrected chi connectivity index (χ2v) is 5.51. The van der Waals surface area contributed by atoms with Gasteiger partial charge in [0.1, 0.15) is 42.7 Å². The van der Waals surface area contributed by atoms with Crippen LogP contribution in [0.5, 0.6) is 0 Å². The minimum atomic E-state index is -1.64. The van der Waals surface area contributed by atoms with Crippen LogP contribution in [0.25, 0.3) is 0 Å². The third-order valence-electron chi connectivity index (χ3n) is 3.94. The molecule has 10 atom stereocenters. The molecule has 0 amide bonds. The lowest BCUT2D eigenvalue weighted by atomic mass is 9.97. The molecule has 0 spiro atoms. The molecule has 0 bridgehead atoms. The quantitative estimate of drug-likeness (QED) is 0.269. The highest BCUT2D eigenvalue weighted by atomic mass is 16.7. The van der Waals surface area contributed by atoms with E-state index < -0.39 is 68.0 Å². The zero-order valence-electron chi connectivity index (χ0n) is 11.8. The second-order valence-electron chi connectivity index (χ2n) is 5.51. The van der Waals surface area contributed by atoms with Gasteiger partial charge in [0, 0.05) is 0 Å². The third-order valence-corrected chi connectivity index (χ3v) is 3.94. The van der Waals surface area contributed by atoms with Crippen molar-refractivity contribution in [2.24, 2.45) is 0 Å². The molecule has 22 heavy (non-hydrogen) atoms. The fourth-order valence-electron chi connectivity index (χ4n) is 2.54. The molecule has 2 aliphatic heterocycles. The van der Waals surface area contributed by atoms with Gasteiger partial charge < -0.3 is 50.0 Å². The normalized spacial score (nSPS) is 53.5. The van der Waals surface area contributed by atoms with Gasteiger partial charge in [0.15, 0.2) is 12.6 Å². The summed E-state index contributed by atoms with van der Waals surface area (Å²) in [6, 6.07) is 0. The van der Waals surface area contributed by atoms with E-state index in [4.69, 9.17) is 19.3 Å². The van der Waals surface area contributed by atoms with E-state index >= 15 is 0 Å². The van der Waals surface area contributed by atoms with Crippen LogP contribution in [0.2, 0.25) is 0 Å². The molecule has 10 nitrogen and oxygen atoms in total. The lowest BCUT2D eigenvalue weighted by Gasteiger charge is -2.44. The standard InChI is InChI=1S/C12H22O10/c1-3-10(7(16)8(17)11(19)20-3)22-12-9(18)6(15)5(14)4(2-13)21-12/h3-19H,2H2,1H3/t3-,4-,5+,6+,7-,8-,9-,10+,11-,12-/m1/s1. The van der Waals surface area contributed by atoms with Gasteiger partial charge in [0.2, 0.25) is 0 Å². The van der Waals surface area contributed by atoms with Gasteiger partial charge in [-0.2, -0.15) is 0 Å². The van der Waals surface area contributed by atoms with Crippen LogP contribution >= 0.6 is 0 Å². The largest absolute Gasteiger partial charge is 0.394 e. The smallest absolute Gasteiger partial charge is 0.187 e. The highest BCUT2D eigenvalue weighted by molar-refractivity contribution is 4.92. The predicted molar refractivity (Wildman–Crippen MR) is 67.2 cm³/mol. The van der Waals surface area contributed by atoms with Crippen LogP contribution in [-0.2, 0) is 14.2 Å². The SMILES string of the molecule is C[C@H]1O[C@@H](O)[C@H](O)[C@@H](O)[C@H]1O[C@H]1O[C@H](CO)[C@H](O)[C@H](O)[C@H]1O. The van der Waals surface area contributed by atoms with Crippen molar-refractivity contribution in [1.29, 1.82) is 0 Å². The van der Waals surface area contributed by atoms with Gasteiger partial charge in [-0.3, -0.25) is 0 Å². The number of aliphatic hydroxyl groups is 7. The Hall–Kier alpha value is -0.400. The van der Waals surface area contributed by atoms with Gasteiger partial charge in [-0.25, -0.2) is 0 Å². The summed E-state index contributed by atoms with van der Waals surface area (Å²) in [6.45, 7) is 0.846. The van der Waals surface area contributed by atoms with Gasteiger partial charge in [-0.1, -0.05) is 0 Å². The molecule has 0 saturated carbocycles. The second kappa shape index (κ2) is 7.01. The minimum Gasteiger partial charge on any atom is -0.394 e. The fourth-order valence-corrected chi connectivity index (χ4v) is 2.54. The Bertz CT molecular complexity index is 366. The van der Waals surface area contributed by atoms with E-state index in [9.17, 15) is 30.6 Å². The molecule has 0 unspecified atom stereocenters. The van der Waals surface area contributed by atoms with E-state index in [1.807, 2.05) is 0 Å². The monoisotopic (exact) mass is 326 g/mol. The Morgan fingerprint density at radius 1 is 0.818 bits per heavy atom. The Labute approximate surface area is 126 Å². The Kier molecular flexibility index (Phi) is 5.72. The number of ether oxygens (including phenoxy) is 3. The zero-order valence-corrected chi connectivity index (χ0v) is 11.8. The highest BCUT2D eigenvalue weighted by Crippen LogP contribution is 2.28. The van der Waals surface area contributed by atoms with Gasteiger partial charge >= 0.3 is 0 Å². The van der Waals surface area contributed by atoms with E-state index in [1.54, 1.807) is 0 Å². The maximum absolute atomic E-state index is 9.92. The summed E-state index contributed by atoms with van der Waals surface area (Å²) < 4.78 is 15.5. The van der Waals surface area contributed by atoms with E-state index in [1.165, 1.54) is 6.92 Å². The first-order chi connectivity index (χ1) is 10.3. The van der Waals surface area contributed by atoms with Crippen molar-refractivity contribution in [2.45, 2.75) is 68.3 Å². The van der Waals surface area contributed by atoms with Gasteiger partial charge in [0.25, 0.3) is 0 Å². The molecule has 10 heteroatoms. The van der Waals surface area contributed by atoms with Crippen LogP contribution in [-0.4, -0.2) is 104 Å². The molecule has 2 heterocycles. The molecule has 0 radical (unpaired) electrons. The summed E-state index contributed by atoms with van der Waals surface area (Å²) in [6.07, 6.45) is -14.2. The van der Waals surface area contributed by atoms with Crippen LogP contribution in [0.4, 0.5) is 0 Å². The molecular weight excluding hydrogens is 304 g/mol. The molecule has 0 aromatic rings. The predicted octanol–water partition coefficient (Wildman–Crippen LogP) is -4.37. The number of rotatable bonds is 3. The molecule has 2 saturated heterocycles. The van der Waals surface area contributed by atoms with Gasteiger partial charge in [0.05, 0.1) is 12.7 Å². The lowest BCUT2D eigenvalue weighted by molar-refractivity contribution is -0.351. The molecule has 0 aromatic heterocycles. The molecule has 0 aromatic carbocycles. The molecule has 2 rings (SSSR count). The van der Waals surface area contributed by atoms with Crippen molar-refractivity contribution in [3.8, 4) is 0 Å². The van der Waals surface area contributed by atoms with Gasteiger partial charge in [-0.15, -0.1) is 0 Å². The first-order valence-corrected chi connectivity index (χ1v) is 6.93. The van der Waals surface area contributed by atoms with Crippen LogP contribution < -0.4 is 0 Å². The first-order valence-electron chi connectivity index (χ1n) is 6.93. The van der Waals surface area contributed by atoms with Crippen molar-refractivity contribution in [2.75, 3.05) is 6.61 Å². The topological polar surface area (TPSA) is 169 Å². The fraction of sp³-hybridized carbons (Fsp3) is 1.00. The molecule has 7 N–H and O–H groups in total. The summed E-state index contributed by atoms with van der Waals surface area (Å²) >= 11 is 0. The number of hydrogen-bond acceptors (Lipinski definition) is 10. The average Bonchev–Trinajstić information content (AvgIpc) is 2.49. The Morgan fingerprint density at radius 3 is 2.05 bits per heavy atom. The van der Waals surface area contributed by atoms with Crippen molar-refractivity contribution >= 4 is 0 Å². The van der Waals surface area contributed by atoms with Crippen molar-refractivity contribution in [3.63, 3.8) is 0 Å². The lowest BCUT2D eigenvalue weighted by Crippen LogP contribution is -2.63. The highest BCUT2D eigenvalue weighted by Gasteiger charge is 2.49. The van der Waals surface area contributed by atoms with E-state index in [0.29, 0.717) is 0 Å². The molecule has 130 valence electrons. The summed E-state index contributed by atoms with van der Waals surface area (Å²) in [4.78, 5) is 0. The van der Waals surface area contributed by atoms with E-state index in [2.05, 4.69) is 0 Å². The molecular formula is C12H22O10. The third kappa shape index (κ3) is 3.26. The van der Waals surface area contributed by atoms with E-state index in [-0.39, 0.29) is 0 Å². The van der Waals surface area contributed by atoms with Crippen molar-refractivity contribution in [3.05, 3.63) is 0 Å². The molecule has 0 aliphatic carbocycles. The molecule has 2 aliphatic rings. The average molecular weight is 326 g/mol. The Morgan fingerprint density at radius 2 is 1.45 bits per heavy atom. The summed E-state index contributed by atoms with van der Waals surface area (Å²) in [5.41, 5.74) is 0. The number of hydrogen-bond donors (Lipinski definition) is 7. The Balaban J connectivity index is 2.08. The zero-order chi connectivity index (χ0) is 16.6. The molecule has 2 fully saturated rings. The number of aliphatic hydroxyl groups excluding tert-OH is 7.